The van der Waals surface area contributed by atoms with Crippen LogP contribution in [0.2, 0.25) is 0 Å². The minimum absolute atomic E-state index is 0.0929. The van der Waals surface area contributed by atoms with Gasteiger partial charge in [0.25, 0.3) is 5.91 Å². The molecule has 0 spiro atoms. The van der Waals surface area contributed by atoms with Gasteiger partial charge in [0.2, 0.25) is 5.91 Å². The monoisotopic (exact) mass is 333 g/mol. The summed E-state index contributed by atoms with van der Waals surface area (Å²) in [6, 6.07) is 6.79. The van der Waals surface area contributed by atoms with Crippen LogP contribution in [0.5, 0.6) is 0 Å². The molecule has 6 heteroatoms. The van der Waals surface area contributed by atoms with Crippen molar-refractivity contribution in [3.05, 3.63) is 29.8 Å². The summed E-state index contributed by atoms with van der Waals surface area (Å²) < 4.78 is 0. The molecule has 2 amide bonds. The minimum Gasteiger partial charge on any atom is -0.366 e. The second-order valence-electron chi connectivity index (χ2n) is 5.95. The van der Waals surface area contributed by atoms with E-state index in [0.717, 1.165) is 6.42 Å². The van der Waals surface area contributed by atoms with E-state index in [4.69, 9.17) is 18.0 Å². The third kappa shape index (κ3) is 5.63. The first-order chi connectivity index (χ1) is 11.1. The van der Waals surface area contributed by atoms with Gasteiger partial charge in [-0.2, -0.15) is 0 Å². The number of benzene rings is 1. The van der Waals surface area contributed by atoms with Gasteiger partial charge in [-0.15, -0.1) is 0 Å². The van der Waals surface area contributed by atoms with E-state index < -0.39 is 5.91 Å². The van der Waals surface area contributed by atoms with Gasteiger partial charge in [0.05, 0.1) is 11.3 Å². The summed E-state index contributed by atoms with van der Waals surface area (Å²) in [7, 11) is 0. The minimum atomic E-state index is -0.542. The Morgan fingerprint density at radius 2 is 1.87 bits per heavy atom. The Hall–Kier alpha value is -1.95. The molecule has 0 heterocycles. The lowest BCUT2D eigenvalue weighted by molar-refractivity contribution is -0.120. The maximum Gasteiger partial charge on any atom is 0.250 e. The molecule has 2 rings (SSSR count). The summed E-state index contributed by atoms with van der Waals surface area (Å²) in [5, 5.41) is 5.71. The molecule has 4 N–H and O–H groups in total. The summed E-state index contributed by atoms with van der Waals surface area (Å²) in [5.41, 5.74) is 6.15. The number of carbonyl (C=O) groups excluding carboxylic acids is 2. The zero-order valence-electron chi connectivity index (χ0n) is 13.1. The van der Waals surface area contributed by atoms with Crippen molar-refractivity contribution < 1.29 is 9.59 Å². The SMILES string of the molecule is NC(=O)c1ccccc1NC(=S)NC(=O)CCC1CCCCC1. The molecular weight excluding hydrogens is 310 g/mol. The van der Waals surface area contributed by atoms with Crippen LogP contribution in [0.4, 0.5) is 5.69 Å². The molecule has 1 saturated carbocycles. The van der Waals surface area contributed by atoms with E-state index in [1.807, 2.05) is 0 Å². The molecule has 1 aromatic carbocycles. The van der Waals surface area contributed by atoms with Crippen molar-refractivity contribution in [3.63, 3.8) is 0 Å². The predicted molar refractivity (Wildman–Crippen MR) is 95.1 cm³/mol. The molecule has 124 valence electrons. The number of primary amides is 1. The topological polar surface area (TPSA) is 84.2 Å². The second-order valence-corrected chi connectivity index (χ2v) is 6.36. The Kier molecular flexibility index (Phi) is 6.52. The Balaban J connectivity index is 1.80. The molecule has 23 heavy (non-hydrogen) atoms. The second kappa shape index (κ2) is 8.62. The summed E-state index contributed by atoms with van der Waals surface area (Å²) >= 11 is 5.13. The molecule has 0 atom stereocenters. The van der Waals surface area contributed by atoms with Gasteiger partial charge < -0.3 is 16.4 Å². The van der Waals surface area contributed by atoms with Gasteiger partial charge in [0, 0.05) is 6.42 Å². The molecule has 1 aliphatic rings. The van der Waals surface area contributed by atoms with Gasteiger partial charge >= 0.3 is 0 Å². The zero-order valence-corrected chi connectivity index (χ0v) is 14.0. The van der Waals surface area contributed by atoms with Gasteiger partial charge in [-0.3, -0.25) is 9.59 Å². The number of carbonyl (C=O) groups is 2. The first-order valence-corrected chi connectivity index (χ1v) is 8.46. The third-order valence-electron chi connectivity index (χ3n) is 4.20. The number of hydrogen-bond donors (Lipinski definition) is 3. The van der Waals surface area contributed by atoms with E-state index in [0.29, 0.717) is 23.6 Å². The standard InChI is InChI=1S/C17H23N3O2S/c18-16(22)13-8-4-5-9-14(13)19-17(23)20-15(21)11-10-12-6-2-1-3-7-12/h4-5,8-9,12H,1-3,6-7,10-11H2,(H2,18,22)(H2,19,20,21,23). The van der Waals surface area contributed by atoms with Crippen LogP contribution in [0.3, 0.4) is 0 Å². The average Bonchev–Trinajstić information content (AvgIpc) is 2.54. The van der Waals surface area contributed by atoms with Crippen molar-refractivity contribution in [1.29, 1.82) is 0 Å². The number of anilines is 1. The molecule has 0 aromatic heterocycles. The Labute approximate surface area is 142 Å². The van der Waals surface area contributed by atoms with E-state index in [2.05, 4.69) is 10.6 Å². The molecule has 0 unspecified atom stereocenters. The van der Waals surface area contributed by atoms with Crippen molar-refractivity contribution in [2.45, 2.75) is 44.9 Å². The van der Waals surface area contributed by atoms with Gasteiger partial charge in [-0.1, -0.05) is 44.2 Å². The molecule has 0 radical (unpaired) electrons. The van der Waals surface area contributed by atoms with Crippen LogP contribution >= 0.6 is 12.2 Å². The molecule has 1 fully saturated rings. The van der Waals surface area contributed by atoms with Crippen LogP contribution in [0, 0.1) is 5.92 Å². The lowest BCUT2D eigenvalue weighted by Gasteiger charge is -2.21. The molecular formula is C17H23N3O2S. The molecule has 0 bridgehead atoms. The fourth-order valence-corrected chi connectivity index (χ4v) is 3.18. The van der Waals surface area contributed by atoms with Crippen LogP contribution < -0.4 is 16.4 Å². The van der Waals surface area contributed by atoms with E-state index >= 15 is 0 Å². The van der Waals surface area contributed by atoms with E-state index in [9.17, 15) is 9.59 Å². The van der Waals surface area contributed by atoms with Crippen molar-refractivity contribution in [1.82, 2.24) is 5.32 Å². The highest BCUT2D eigenvalue weighted by Crippen LogP contribution is 2.27. The number of hydrogen-bond acceptors (Lipinski definition) is 3. The molecule has 1 aliphatic carbocycles. The highest BCUT2D eigenvalue weighted by molar-refractivity contribution is 7.80. The number of nitrogens with one attached hydrogen (secondary N) is 2. The number of thiocarbonyl (C=S) groups is 1. The Morgan fingerprint density at radius 3 is 2.57 bits per heavy atom. The fourth-order valence-electron chi connectivity index (χ4n) is 2.96. The van der Waals surface area contributed by atoms with Crippen molar-refractivity contribution in [2.75, 3.05) is 5.32 Å². The number of para-hydroxylation sites is 1. The molecule has 5 nitrogen and oxygen atoms in total. The lowest BCUT2D eigenvalue weighted by atomic mass is 9.86. The molecule has 1 aromatic rings. The lowest BCUT2D eigenvalue weighted by Crippen LogP contribution is -2.34. The number of rotatable bonds is 5. The predicted octanol–water partition coefficient (Wildman–Crippen LogP) is 2.96. The average molecular weight is 333 g/mol. The van der Waals surface area contributed by atoms with Crippen LogP contribution in [0.25, 0.3) is 0 Å². The van der Waals surface area contributed by atoms with Gasteiger partial charge in [-0.05, 0) is 36.7 Å². The number of nitrogens with two attached hydrogens (primary N) is 1. The third-order valence-corrected chi connectivity index (χ3v) is 4.40. The van der Waals surface area contributed by atoms with Crippen LogP contribution in [0.1, 0.15) is 55.3 Å². The molecule has 0 saturated heterocycles. The summed E-state index contributed by atoms with van der Waals surface area (Å²) in [6.45, 7) is 0. The zero-order chi connectivity index (χ0) is 16.7. The smallest absolute Gasteiger partial charge is 0.250 e. The quantitative estimate of drug-likeness (QED) is 0.723. The fraction of sp³-hybridized carbons (Fsp3) is 0.471. The maximum atomic E-state index is 12.0. The van der Waals surface area contributed by atoms with Crippen LogP contribution in [0.15, 0.2) is 24.3 Å². The van der Waals surface area contributed by atoms with E-state index in [1.165, 1.54) is 32.1 Å². The van der Waals surface area contributed by atoms with E-state index in [1.54, 1.807) is 24.3 Å². The first kappa shape index (κ1) is 17.4. The van der Waals surface area contributed by atoms with Gasteiger partial charge in [0.15, 0.2) is 5.11 Å². The normalized spacial score (nSPS) is 15.0. The molecule has 0 aliphatic heterocycles. The summed E-state index contributed by atoms with van der Waals surface area (Å²) in [5.74, 6) is 0.0239. The number of amides is 2. The summed E-state index contributed by atoms with van der Waals surface area (Å²) in [6.07, 6.45) is 7.70. The van der Waals surface area contributed by atoms with Crippen molar-refractivity contribution in [3.8, 4) is 0 Å². The highest BCUT2D eigenvalue weighted by atomic mass is 32.1. The van der Waals surface area contributed by atoms with Crippen LogP contribution in [-0.4, -0.2) is 16.9 Å². The Bertz CT molecular complexity index is 583. The highest BCUT2D eigenvalue weighted by Gasteiger charge is 2.15. The van der Waals surface area contributed by atoms with E-state index in [-0.39, 0.29) is 11.0 Å². The Morgan fingerprint density at radius 1 is 1.17 bits per heavy atom. The first-order valence-electron chi connectivity index (χ1n) is 8.06. The van der Waals surface area contributed by atoms with Gasteiger partial charge in [-0.25, -0.2) is 0 Å². The largest absolute Gasteiger partial charge is 0.366 e. The van der Waals surface area contributed by atoms with Crippen molar-refractivity contribution in [2.24, 2.45) is 11.7 Å². The van der Waals surface area contributed by atoms with Gasteiger partial charge in [0.1, 0.15) is 0 Å². The summed E-state index contributed by atoms with van der Waals surface area (Å²) in [4.78, 5) is 23.3. The van der Waals surface area contributed by atoms with Crippen LogP contribution in [-0.2, 0) is 4.79 Å². The van der Waals surface area contributed by atoms with Crippen molar-refractivity contribution >= 4 is 34.8 Å². The maximum absolute atomic E-state index is 12.0.